The number of carbonyl (C=O) groups is 5. The van der Waals surface area contributed by atoms with Crippen molar-refractivity contribution in [1.82, 2.24) is 16.0 Å². The van der Waals surface area contributed by atoms with Crippen LogP contribution in [0.25, 0.3) is 0 Å². The van der Waals surface area contributed by atoms with E-state index in [-0.39, 0.29) is 19.3 Å². The van der Waals surface area contributed by atoms with Gasteiger partial charge in [-0.25, -0.2) is 4.79 Å². The number of aliphatic carboxylic acids is 1. The van der Waals surface area contributed by atoms with Crippen molar-refractivity contribution >= 4 is 29.6 Å². The van der Waals surface area contributed by atoms with Crippen LogP contribution in [0.2, 0.25) is 0 Å². The lowest BCUT2D eigenvalue weighted by atomic mass is 10.0. The highest BCUT2D eigenvalue weighted by atomic mass is 16.4. The third-order valence-electron chi connectivity index (χ3n) is 4.48. The van der Waals surface area contributed by atoms with Crippen molar-refractivity contribution in [3.05, 3.63) is 35.9 Å². The lowest BCUT2D eigenvalue weighted by molar-refractivity contribution is -0.145. The molecule has 1 aromatic carbocycles. The van der Waals surface area contributed by atoms with Crippen molar-refractivity contribution < 1.29 is 34.2 Å². The standard InChI is InChI=1S/C20H29N5O7/c1-11(26)17(20(31)32)25-19(30)14(9-12-5-3-2-4-6-12)24-18(29)13(7-8-15(22)27)23-16(28)10-21/h2-6,11,13-14,17,26H,7-10,21H2,1H3,(H2,22,27)(H,23,28)(H,24,29)(H,25,30)(H,31,32). The fourth-order valence-electron chi connectivity index (χ4n) is 2.78. The summed E-state index contributed by atoms with van der Waals surface area (Å²) in [4.78, 5) is 59.7. The average Bonchev–Trinajstić information content (AvgIpc) is 2.73. The molecule has 0 aliphatic heterocycles. The highest BCUT2D eigenvalue weighted by molar-refractivity contribution is 5.94. The molecule has 0 aliphatic carbocycles. The van der Waals surface area contributed by atoms with Gasteiger partial charge < -0.3 is 37.6 Å². The molecule has 4 atom stereocenters. The first-order chi connectivity index (χ1) is 15.0. The molecule has 0 bridgehead atoms. The Morgan fingerprint density at radius 3 is 2.06 bits per heavy atom. The van der Waals surface area contributed by atoms with Gasteiger partial charge in [-0.05, 0) is 18.9 Å². The molecule has 1 rings (SSSR count). The molecule has 4 unspecified atom stereocenters. The zero-order valence-corrected chi connectivity index (χ0v) is 17.6. The summed E-state index contributed by atoms with van der Waals surface area (Å²) in [6.07, 6.45) is -1.73. The number of nitrogens with one attached hydrogen (secondary N) is 3. The van der Waals surface area contributed by atoms with Crippen LogP contribution in [0.15, 0.2) is 30.3 Å². The summed E-state index contributed by atoms with van der Waals surface area (Å²) in [7, 11) is 0. The van der Waals surface area contributed by atoms with Gasteiger partial charge >= 0.3 is 5.97 Å². The number of primary amides is 1. The molecule has 0 aliphatic rings. The third kappa shape index (κ3) is 9.10. The topological polar surface area (TPSA) is 214 Å². The molecule has 0 saturated carbocycles. The number of rotatable bonds is 13. The van der Waals surface area contributed by atoms with Crippen LogP contribution in [-0.2, 0) is 30.4 Å². The number of benzene rings is 1. The van der Waals surface area contributed by atoms with E-state index in [4.69, 9.17) is 11.5 Å². The van der Waals surface area contributed by atoms with E-state index < -0.39 is 60.4 Å². The molecule has 176 valence electrons. The predicted molar refractivity (Wildman–Crippen MR) is 113 cm³/mol. The maximum Gasteiger partial charge on any atom is 0.328 e. The van der Waals surface area contributed by atoms with E-state index in [2.05, 4.69) is 16.0 Å². The zero-order chi connectivity index (χ0) is 24.3. The van der Waals surface area contributed by atoms with E-state index in [9.17, 15) is 34.2 Å². The van der Waals surface area contributed by atoms with Crippen LogP contribution in [0.4, 0.5) is 0 Å². The quantitative estimate of drug-likeness (QED) is 0.168. The monoisotopic (exact) mass is 451 g/mol. The summed E-state index contributed by atoms with van der Waals surface area (Å²) in [5.41, 5.74) is 11.0. The number of carboxylic acids is 1. The van der Waals surface area contributed by atoms with Crippen molar-refractivity contribution in [2.75, 3.05) is 6.54 Å². The summed E-state index contributed by atoms with van der Waals surface area (Å²) in [5.74, 6) is -4.43. The number of aliphatic hydroxyl groups excluding tert-OH is 1. The smallest absolute Gasteiger partial charge is 0.328 e. The first-order valence-electron chi connectivity index (χ1n) is 9.88. The molecule has 4 amide bonds. The Bertz CT molecular complexity index is 816. The minimum Gasteiger partial charge on any atom is -0.480 e. The average molecular weight is 451 g/mol. The molecule has 12 heteroatoms. The summed E-state index contributed by atoms with van der Waals surface area (Å²) in [5, 5.41) is 25.9. The summed E-state index contributed by atoms with van der Waals surface area (Å²) < 4.78 is 0. The van der Waals surface area contributed by atoms with Crippen molar-refractivity contribution in [1.29, 1.82) is 0 Å². The van der Waals surface area contributed by atoms with Crippen molar-refractivity contribution in [2.45, 2.75) is 50.4 Å². The Morgan fingerprint density at radius 2 is 1.56 bits per heavy atom. The Balaban J connectivity index is 3.08. The minimum absolute atomic E-state index is 0.00205. The lowest BCUT2D eigenvalue weighted by Gasteiger charge is -2.25. The van der Waals surface area contributed by atoms with Crippen LogP contribution in [0.5, 0.6) is 0 Å². The Morgan fingerprint density at radius 1 is 0.969 bits per heavy atom. The molecule has 0 aromatic heterocycles. The summed E-state index contributed by atoms with van der Waals surface area (Å²) in [6.45, 7) is 0.801. The van der Waals surface area contributed by atoms with Crippen LogP contribution >= 0.6 is 0 Å². The molecule has 0 heterocycles. The van der Waals surface area contributed by atoms with Crippen LogP contribution in [0, 0.1) is 0 Å². The maximum atomic E-state index is 12.8. The predicted octanol–water partition coefficient (Wildman–Crippen LogP) is -2.63. The highest BCUT2D eigenvalue weighted by Gasteiger charge is 2.31. The first kappa shape index (κ1) is 26.5. The minimum atomic E-state index is -1.60. The molecule has 0 radical (unpaired) electrons. The molecular weight excluding hydrogens is 422 g/mol. The number of nitrogens with two attached hydrogens (primary N) is 2. The van der Waals surface area contributed by atoms with Gasteiger partial charge in [0.2, 0.25) is 23.6 Å². The van der Waals surface area contributed by atoms with E-state index in [1.54, 1.807) is 30.3 Å². The van der Waals surface area contributed by atoms with E-state index in [1.165, 1.54) is 6.92 Å². The molecule has 0 saturated heterocycles. The van der Waals surface area contributed by atoms with Crippen LogP contribution in [0.3, 0.4) is 0 Å². The van der Waals surface area contributed by atoms with Crippen molar-refractivity contribution in [2.24, 2.45) is 11.5 Å². The van der Waals surface area contributed by atoms with Gasteiger partial charge in [0.05, 0.1) is 12.6 Å². The Kier molecular flexibility index (Phi) is 10.8. The second kappa shape index (κ2) is 13.0. The van der Waals surface area contributed by atoms with Gasteiger partial charge in [-0.2, -0.15) is 0 Å². The van der Waals surface area contributed by atoms with Crippen molar-refractivity contribution in [3.63, 3.8) is 0 Å². The van der Waals surface area contributed by atoms with Gasteiger partial charge in [-0.1, -0.05) is 30.3 Å². The number of carbonyl (C=O) groups excluding carboxylic acids is 4. The van der Waals surface area contributed by atoms with Crippen LogP contribution in [0.1, 0.15) is 25.3 Å². The SMILES string of the molecule is CC(O)C(NC(=O)C(Cc1ccccc1)NC(=O)C(CCC(N)=O)NC(=O)CN)C(=O)O. The molecular formula is C20H29N5O7. The molecule has 9 N–H and O–H groups in total. The molecule has 32 heavy (non-hydrogen) atoms. The van der Waals surface area contributed by atoms with Gasteiger partial charge in [-0.3, -0.25) is 19.2 Å². The van der Waals surface area contributed by atoms with E-state index >= 15 is 0 Å². The van der Waals surface area contributed by atoms with Crippen LogP contribution < -0.4 is 27.4 Å². The van der Waals surface area contributed by atoms with Gasteiger partial charge in [-0.15, -0.1) is 0 Å². The fourth-order valence-corrected chi connectivity index (χ4v) is 2.78. The first-order valence-corrected chi connectivity index (χ1v) is 9.88. The largest absolute Gasteiger partial charge is 0.480 e. The number of amides is 4. The number of hydrogen-bond donors (Lipinski definition) is 7. The second-order valence-electron chi connectivity index (χ2n) is 7.15. The van der Waals surface area contributed by atoms with Crippen molar-refractivity contribution in [3.8, 4) is 0 Å². The maximum absolute atomic E-state index is 12.8. The number of carboxylic acid groups (broad SMARTS) is 1. The van der Waals surface area contributed by atoms with E-state index in [0.717, 1.165) is 0 Å². The third-order valence-corrected chi connectivity index (χ3v) is 4.48. The summed E-state index contributed by atoms with van der Waals surface area (Å²) in [6, 6.07) is 4.58. The number of aliphatic hydroxyl groups is 1. The Labute approximate surface area is 184 Å². The van der Waals surface area contributed by atoms with Gasteiger partial charge in [0.15, 0.2) is 6.04 Å². The molecule has 12 nitrogen and oxygen atoms in total. The highest BCUT2D eigenvalue weighted by Crippen LogP contribution is 2.06. The van der Waals surface area contributed by atoms with E-state index in [1.807, 2.05) is 0 Å². The molecule has 0 spiro atoms. The fraction of sp³-hybridized carbons (Fsp3) is 0.450. The molecule has 0 fully saturated rings. The van der Waals surface area contributed by atoms with Gasteiger partial charge in [0.1, 0.15) is 12.1 Å². The Hall–Kier alpha value is -3.51. The van der Waals surface area contributed by atoms with E-state index in [0.29, 0.717) is 5.56 Å². The van der Waals surface area contributed by atoms with Gasteiger partial charge in [0.25, 0.3) is 0 Å². The normalized spacial score (nSPS) is 14.3. The van der Waals surface area contributed by atoms with Crippen LogP contribution in [-0.4, -0.2) is 70.6 Å². The summed E-state index contributed by atoms with van der Waals surface area (Å²) >= 11 is 0. The molecule has 1 aromatic rings. The lowest BCUT2D eigenvalue weighted by Crippen LogP contribution is -2.58. The van der Waals surface area contributed by atoms with Gasteiger partial charge in [0, 0.05) is 12.8 Å². The zero-order valence-electron chi connectivity index (χ0n) is 17.6. The second-order valence-corrected chi connectivity index (χ2v) is 7.15. The number of hydrogen-bond acceptors (Lipinski definition) is 7.